The summed E-state index contributed by atoms with van der Waals surface area (Å²) in [6, 6.07) is 11.8. The second-order valence-corrected chi connectivity index (χ2v) is 8.82. The molecular formula is C27H26F3NO4. The van der Waals surface area contributed by atoms with Gasteiger partial charge in [-0.3, -0.25) is 14.4 Å². The molecule has 2 aromatic rings. The Bertz CT molecular complexity index is 1160. The predicted octanol–water partition coefficient (Wildman–Crippen LogP) is 5.20. The van der Waals surface area contributed by atoms with Gasteiger partial charge in [-0.25, -0.2) is 0 Å². The maximum atomic E-state index is 13.2. The van der Waals surface area contributed by atoms with Crippen LogP contribution in [0.2, 0.25) is 0 Å². The zero-order chi connectivity index (χ0) is 25.8. The lowest BCUT2D eigenvalue weighted by atomic mass is 9.85. The van der Waals surface area contributed by atoms with Gasteiger partial charge in [-0.15, -0.1) is 0 Å². The molecule has 8 heteroatoms. The van der Waals surface area contributed by atoms with Crippen LogP contribution in [0.5, 0.6) is 5.75 Å². The van der Waals surface area contributed by atoms with Gasteiger partial charge in [0, 0.05) is 25.2 Å². The summed E-state index contributed by atoms with van der Waals surface area (Å²) in [5, 5.41) is 8.86. The van der Waals surface area contributed by atoms with E-state index in [0.717, 1.165) is 5.56 Å². The highest BCUT2D eigenvalue weighted by Crippen LogP contribution is 2.39. The molecule has 35 heavy (non-hydrogen) atoms. The van der Waals surface area contributed by atoms with E-state index in [0.29, 0.717) is 35.1 Å². The Morgan fingerprint density at radius 3 is 2.46 bits per heavy atom. The van der Waals surface area contributed by atoms with Gasteiger partial charge in [0.2, 0.25) is 0 Å². The number of carbonyl (C=O) groups excluding carboxylic acids is 3. The van der Waals surface area contributed by atoms with E-state index in [2.05, 4.69) is 0 Å². The summed E-state index contributed by atoms with van der Waals surface area (Å²) >= 11 is 0. The Balaban J connectivity index is 1.69. The van der Waals surface area contributed by atoms with Crippen LogP contribution < -0.4 is 4.74 Å². The van der Waals surface area contributed by atoms with Crippen LogP contribution in [-0.4, -0.2) is 30.1 Å². The smallest absolute Gasteiger partial charge is 0.422 e. The van der Waals surface area contributed by atoms with E-state index in [1.807, 2.05) is 6.07 Å². The number of ketones is 3. The number of nitrogens with zero attached hydrogens (tertiary/aromatic N) is 1. The van der Waals surface area contributed by atoms with Crippen LogP contribution in [0.25, 0.3) is 0 Å². The van der Waals surface area contributed by atoms with E-state index >= 15 is 0 Å². The van der Waals surface area contributed by atoms with Crippen LogP contribution in [0.4, 0.5) is 13.2 Å². The van der Waals surface area contributed by atoms with Gasteiger partial charge < -0.3 is 4.74 Å². The van der Waals surface area contributed by atoms with Gasteiger partial charge in [-0.05, 0) is 66.3 Å². The normalized spacial score (nSPS) is 17.9. The minimum absolute atomic E-state index is 0.0232. The third-order valence-corrected chi connectivity index (χ3v) is 6.22. The van der Waals surface area contributed by atoms with E-state index in [-0.39, 0.29) is 42.4 Å². The number of ether oxygens (including phenoxy) is 1. The standard InChI is InChI=1S/C27H26F3NO4/c1-3-19-12-22(35-15-27(28,29)30)10-16(2)24(19)25-23(33)13-20(26(25)34)11-21(32)9-8-17-4-6-18(14-31)7-5-17/h4-7,10,12,20,25H,3,8-9,11,13,15H2,1-2H3. The largest absolute Gasteiger partial charge is 0.484 e. The Morgan fingerprint density at radius 2 is 1.86 bits per heavy atom. The molecule has 1 saturated carbocycles. The summed E-state index contributed by atoms with van der Waals surface area (Å²) in [6.07, 6.45) is -3.42. The first-order valence-corrected chi connectivity index (χ1v) is 11.4. The van der Waals surface area contributed by atoms with E-state index in [1.54, 1.807) is 38.1 Å². The van der Waals surface area contributed by atoms with E-state index in [1.165, 1.54) is 12.1 Å². The number of hydrogen-bond acceptors (Lipinski definition) is 5. The van der Waals surface area contributed by atoms with Crippen LogP contribution >= 0.6 is 0 Å². The van der Waals surface area contributed by atoms with Crippen molar-refractivity contribution in [1.82, 2.24) is 0 Å². The van der Waals surface area contributed by atoms with Gasteiger partial charge in [-0.1, -0.05) is 19.1 Å². The van der Waals surface area contributed by atoms with Gasteiger partial charge in [0.25, 0.3) is 0 Å². The lowest BCUT2D eigenvalue weighted by Crippen LogP contribution is -2.21. The fourth-order valence-corrected chi connectivity index (χ4v) is 4.53. The van der Waals surface area contributed by atoms with Crippen molar-refractivity contribution in [3.8, 4) is 11.8 Å². The van der Waals surface area contributed by atoms with Crippen LogP contribution in [0, 0.1) is 24.2 Å². The molecule has 0 N–H and O–H groups in total. The molecule has 2 atom stereocenters. The number of hydrogen-bond donors (Lipinski definition) is 0. The molecule has 2 aromatic carbocycles. The molecule has 0 aromatic heterocycles. The number of halogens is 3. The predicted molar refractivity (Wildman–Crippen MR) is 122 cm³/mol. The van der Waals surface area contributed by atoms with Crippen molar-refractivity contribution in [3.05, 3.63) is 64.2 Å². The first kappa shape index (κ1) is 26.1. The minimum Gasteiger partial charge on any atom is -0.484 e. The summed E-state index contributed by atoms with van der Waals surface area (Å²) in [6.45, 7) is 2.01. The second kappa shape index (κ2) is 10.9. The van der Waals surface area contributed by atoms with Crippen LogP contribution in [0.1, 0.15) is 59.9 Å². The van der Waals surface area contributed by atoms with E-state index in [4.69, 9.17) is 10.00 Å². The molecule has 0 spiro atoms. The first-order chi connectivity index (χ1) is 16.5. The number of Topliss-reactive ketones (excluding diaryl/α,β-unsaturated/α-hetero) is 3. The third-order valence-electron chi connectivity index (χ3n) is 6.22. The zero-order valence-corrected chi connectivity index (χ0v) is 19.6. The van der Waals surface area contributed by atoms with Crippen LogP contribution in [0.15, 0.2) is 36.4 Å². The monoisotopic (exact) mass is 485 g/mol. The SMILES string of the molecule is CCc1cc(OCC(F)(F)F)cc(C)c1C1C(=O)CC(CC(=O)CCc2ccc(C#N)cc2)C1=O. The van der Waals surface area contributed by atoms with Crippen LogP contribution in [-0.2, 0) is 27.2 Å². The van der Waals surface area contributed by atoms with Crippen molar-refractivity contribution in [2.45, 2.75) is 58.0 Å². The van der Waals surface area contributed by atoms with Crippen molar-refractivity contribution < 1.29 is 32.3 Å². The molecule has 0 bridgehead atoms. The number of aryl methyl sites for hydroxylation is 3. The average Bonchev–Trinajstić information content (AvgIpc) is 3.08. The summed E-state index contributed by atoms with van der Waals surface area (Å²) in [5.41, 5.74) is 3.04. The molecule has 0 amide bonds. The molecular weight excluding hydrogens is 459 g/mol. The van der Waals surface area contributed by atoms with E-state index < -0.39 is 24.6 Å². The quantitative estimate of drug-likeness (QED) is 0.456. The minimum atomic E-state index is -4.48. The highest BCUT2D eigenvalue weighted by atomic mass is 19.4. The number of rotatable bonds is 9. The first-order valence-electron chi connectivity index (χ1n) is 11.4. The molecule has 3 rings (SSSR count). The number of alkyl halides is 3. The fourth-order valence-electron chi connectivity index (χ4n) is 4.53. The highest BCUT2D eigenvalue weighted by molar-refractivity contribution is 6.15. The summed E-state index contributed by atoms with van der Waals surface area (Å²) in [5.74, 6) is -2.40. The van der Waals surface area contributed by atoms with Crippen molar-refractivity contribution in [2.75, 3.05) is 6.61 Å². The van der Waals surface area contributed by atoms with E-state index in [9.17, 15) is 27.6 Å². The van der Waals surface area contributed by atoms with Crippen molar-refractivity contribution >= 4 is 17.3 Å². The average molecular weight is 486 g/mol. The molecule has 184 valence electrons. The maximum Gasteiger partial charge on any atom is 0.422 e. The molecule has 5 nitrogen and oxygen atoms in total. The molecule has 0 aliphatic heterocycles. The molecule has 1 aliphatic carbocycles. The van der Waals surface area contributed by atoms with Crippen LogP contribution in [0.3, 0.4) is 0 Å². The lowest BCUT2D eigenvalue weighted by molar-refractivity contribution is -0.153. The van der Waals surface area contributed by atoms with Gasteiger partial charge in [-0.2, -0.15) is 18.4 Å². The number of nitriles is 1. The zero-order valence-electron chi connectivity index (χ0n) is 19.6. The second-order valence-electron chi connectivity index (χ2n) is 8.82. The molecule has 2 unspecified atom stereocenters. The summed E-state index contributed by atoms with van der Waals surface area (Å²) < 4.78 is 42.4. The van der Waals surface area contributed by atoms with Gasteiger partial charge >= 0.3 is 6.18 Å². The maximum absolute atomic E-state index is 13.2. The Kier molecular flexibility index (Phi) is 8.11. The lowest BCUT2D eigenvalue weighted by Gasteiger charge is -2.19. The highest BCUT2D eigenvalue weighted by Gasteiger charge is 2.44. The molecule has 0 heterocycles. The van der Waals surface area contributed by atoms with Gasteiger partial charge in [0.1, 0.15) is 23.2 Å². The Morgan fingerprint density at radius 1 is 1.17 bits per heavy atom. The van der Waals surface area contributed by atoms with Gasteiger partial charge in [0.05, 0.1) is 11.6 Å². The summed E-state index contributed by atoms with van der Waals surface area (Å²) in [4.78, 5) is 38.6. The molecule has 0 radical (unpaired) electrons. The Labute approximate surface area is 201 Å². The topological polar surface area (TPSA) is 84.2 Å². The van der Waals surface area contributed by atoms with Crippen molar-refractivity contribution in [2.24, 2.45) is 5.92 Å². The molecule has 0 saturated heterocycles. The molecule has 1 fully saturated rings. The molecule has 1 aliphatic rings. The number of carbonyl (C=O) groups is 3. The fraction of sp³-hybridized carbons (Fsp3) is 0.407. The third kappa shape index (κ3) is 6.56. The Hall–Kier alpha value is -3.47. The van der Waals surface area contributed by atoms with Crippen molar-refractivity contribution in [1.29, 1.82) is 5.26 Å². The van der Waals surface area contributed by atoms with Crippen molar-refractivity contribution in [3.63, 3.8) is 0 Å². The van der Waals surface area contributed by atoms with Gasteiger partial charge in [0.15, 0.2) is 12.4 Å². The number of benzene rings is 2. The summed E-state index contributed by atoms with van der Waals surface area (Å²) in [7, 11) is 0.